The molecule has 0 nitrogen and oxygen atoms in total. The molecule has 0 aromatic heterocycles. The van der Waals surface area contributed by atoms with Crippen LogP contribution in [0.4, 0.5) is 0 Å². The summed E-state index contributed by atoms with van der Waals surface area (Å²) >= 11 is 0. The third-order valence-corrected chi connectivity index (χ3v) is 1.60. The Bertz CT molecular complexity index is 41.4. The zero-order valence-electron chi connectivity index (χ0n) is 4.85. The van der Waals surface area contributed by atoms with Crippen LogP contribution in [0.25, 0.3) is 0 Å². The lowest BCUT2D eigenvalue weighted by Crippen LogP contribution is -1.68. The molecular weight excluding hydrogens is 103 g/mol. The van der Waals surface area contributed by atoms with Crippen LogP contribution < -0.4 is 0 Å². The van der Waals surface area contributed by atoms with Gasteiger partial charge in [-0.05, 0) is 12.6 Å². The van der Waals surface area contributed by atoms with Gasteiger partial charge in [0.05, 0.1) is 0 Å². The Hall–Kier alpha value is 0.170. The van der Waals surface area contributed by atoms with Crippen molar-refractivity contribution in [2.24, 2.45) is 0 Å². The van der Waals surface area contributed by atoms with E-state index in [9.17, 15) is 0 Å². The van der Waals surface area contributed by atoms with Gasteiger partial charge in [0, 0.05) is 0 Å². The van der Waals surface area contributed by atoms with E-state index in [2.05, 4.69) is 13.5 Å². The molecule has 0 heterocycles. The Kier molecular flexibility index (Phi) is 6.32. The summed E-state index contributed by atoms with van der Waals surface area (Å²) in [7, 11) is 1.39. The highest BCUT2D eigenvalue weighted by Crippen LogP contribution is 2.11. The Morgan fingerprint density at radius 3 is 2.86 bits per heavy atom. The maximum Gasteiger partial charge on any atom is -0.0250 e. The van der Waals surface area contributed by atoms with Crippen molar-refractivity contribution in [1.29, 1.82) is 0 Å². The van der Waals surface area contributed by atoms with E-state index >= 15 is 0 Å². The second-order valence-corrected chi connectivity index (χ2v) is 2.62. The van der Waals surface area contributed by atoms with Crippen molar-refractivity contribution in [1.82, 2.24) is 0 Å². The van der Waals surface area contributed by atoms with Crippen molar-refractivity contribution >= 4 is 8.58 Å². The van der Waals surface area contributed by atoms with Gasteiger partial charge in [-0.2, -0.15) is 0 Å². The van der Waals surface area contributed by atoms with Crippen LogP contribution in [-0.4, -0.2) is 6.16 Å². The van der Waals surface area contributed by atoms with Crippen molar-refractivity contribution in [3.05, 3.63) is 12.4 Å². The van der Waals surface area contributed by atoms with Gasteiger partial charge in [0.1, 0.15) is 0 Å². The fraction of sp³-hybridized carbons (Fsp3) is 0.667. The van der Waals surface area contributed by atoms with Gasteiger partial charge in [0.25, 0.3) is 0 Å². The van der Waals surface area contributed by atoms with Crippen LogP contribution in [0, 0.1) is 0 Å². The second kappa shape index (κ2) is 6.17. The highest BCUT2D eigenvalue weighted by atomic mass is 31.1. The Morgan fingerprint density at radius 2 is 2.43 bits per heavy atom. The molecule has 0 saturated carbocycles. The van der Waals surface area contributed by atoms with Crippen LogP contribution >= 0.6 is 8.58 Å². The summed E-state index contributed by atoms with van der Waals surface area (Å²) in [5.41, 5.74) is 0. The van der Waals surface area contributed by atoms with Gasteiger partial charge in [0.2, 0.25) is 0 Å². The summed E-state index contributed by atoms with van der Waals surface area (Å²) in [5, 5.41) is 0. The van der Waals surface area contributed by atoms with Crippen LogP contribution in [-0.2, 0) is 0 Å². The molecule has 0 aliphatic rings. The van der Waals surface area contributed by atoms with Crippen LogP contribution in [0.15, 0.2) is 12.4 Å². The zero-order valence-corrected chi connectivity index (χ0v) is 5.75. The molecule has 0 aliphatic heterocycles. The van der Waals surface area contributed by atoms with Crippen LogP contribution in [0.2, 0.25) is 0 Å². The zero-order chi connectivity index (χ0) is 5.54. The van der Waals surface area contributed by atoms with E-state index in [4.69, 9.17) is 0 Å². The van der Waals surface area contributed by atoms with E-state index in [1.54, 1.807) is 0 Å². The molecule has 7 heavy (non-hydrogen) atoms. The SMILES string of the molecule is C=C[P]CCCC. The first-order valence-electron chi connectivity index (χ1n) is 2.69. The van der Waals surface area contributed by atoms with E-state index in [-0.39, 0.29) is 0 Å². The largest absolute Gasteiger partial charge is 0.0982 e. The predicted molar refractivity (Wildman–Crippen MR) is 36.9 cm³/mol. The lowest BCUT2D eigenvalue weighted by molar-refractivity contribution is 0.895. The molecule has 0 spiro atoms. The molecule has 41 valence electrons. The maximum atomic E-state index is 3.62. The summed E-state index contributed by atoms with van der Waals surface area (Å²) < 4.78 is 0. The number of rotatable bonds is 4. The first kappa shape index (κ1) is 7.17. The van der Waals surface area contributed by atoms with Gasteiger partial charge in [-0.3, -0.25) is 0 Å². The van der Waals surface area contributed by atoms with Crippen molar-refractivity contribution in [3.63, 3.8) is 0 Å². The molecule has 0 N–H and O–H groups in total. The van der Waals surface area contributed by atoms with E-state index in [1.807, 2.05) is 5.82 Å². The minimum Gasteiger partial charge on any atom is -0.0982 e. The summed E-state index contributed by atoms with van der Waals surface area (Å²) in [6, 6.07) is 0. The first-order chi connectivity index (χ1) is 3.41. The predicted octanol–water partition coefficient (Wildman–Crippen LogP) is 2.88. The minimum atomic E-state index is 1.29. The molecule has 1 heteroatoms. The van der Waals surface area contributed by atoms with Gasteiger partial charge in [0.15, 0.2) is 0 Å². The van der Waals surface area contributed by atoms with E-state index in [0.717, 1.165) is 0 Å². The number of hydrogen-bond acceptors (Lipinski definition) is 0. The normalized spacial score (nSPS) is 10.4. The highest BCUT2D eigenvalue weighted by Gasteiger charge is 1.78. The molecule has 0 rings (SSSR count). The van der Waals surface area contributed by atoms with Crippen LogP contribution in [0.3, 0.4) is 0 Å². The third-order valence-electron chi connectivity index (χ3n) is 0.770. The summed E-state index contributed by atoms with van der Waals surface area (Å²) in [6.45, 7) is 5.83. The smallest absolute Gasteiger partial charge is 0.0250 e. The molecular formula is C6H12P. The van der Waals surface area contributed by atoms with Crippen molar-refractivity contribution in [3.8, 4) is 0 Å². The molecule has 0 aromatic rings. The van der Waals surface area contributed by atoms with E-state index < -0.39 is 0 Å². The molecule has 0 fully saturated rings. The molecule has 0 aliphatic carbocycles. The molecule has 0 aromatic carbocycles. The van der Waals surface area contributed by atoms with Crippen molar-refractivity contribution in [2.75, 3.05) is 6.16 Å². The number of unbranched alkanes of at least 4 members (excludes halogenated alkanes) is 1. The van der Waals surface area contributed by atoms with Gasteiger partial charge < -0.3 is 0 Å². The Morgan fingerprint density at radius 1 is 1.71 bits per heavy atom. The molecule has 0 bridgehead atoms. The molecule has 0 saturated heterocycles. The van der Waals surface area contributed by atoms with Crippen molar-refractivity contribution < 1.29 is 0 Å². The number of hydrogen-bond donors (Lipinski definition) is 0. The Labute approximate surface area is 47.8 Å². The monoisotopic (exact) mass is 115 g/mol. The van der Waals surface area contributed by atoms with Gasteiger partial charge in [-0.1, -0.05) is 34.3 Å². The fourth-order valence-corrected chi connectivity index (χ4v) is 1.02. The van der Waals surface area contributed by atoms with E-state index in [0.29, 0.717) is 0 Å². The van der Waals surface area contributed by atoms with Crippen LogP contribution in [0.1, 0.15) is 19.8 Å². The van der Waals surface area contributed by atoms with Crippen LogP contribution in [0.5, 0.6) is 0 Å². The summed E-state index contributed by atoms with van der Waals surface area (Å²) in [5.74, 6) is 1.95. The maximum absolute atomic E-state index is 3.62. The third kappa shape index (κ3) is 6.17. The van der Waals surface area contributed by atoms with Crippen molar-refractivity contribution in [2.45, 2.75) is 19.8 Å². The van der Waals surface area contributed by atoms with Gasteiger partial charge >= 0.3 is 0 Å². The molecule has 0 atom stereocenters. The lowest BCUT2D eigenvalue weighted by atomic mass is 10.4. The van der Waals surface area contributed by atoms with E-state index in [1.165, 1.54) is 27.6 Å². The first-order valence-corrected chi connectivity index (χ1v) is 3.84. The molecule has 0 amide bonds. The molecule has 1 radical (unpaired) electrons. The second-order valence-electron chi connectivity index (χ2n) is 1.44. The summed E-state index contributed by atoms with van der Waals surface area (Å²) in [4.78, 5) is 0. The molecule has 0 unspecified atom stereocenters. The Balaban J connectivity index is 2.56. The lowest BCUT2D eigenvalue weighted by Gasteiger charge is -1.87. The highest BCUT2D eigenvalue weighted by molar-refractivity contribution is 7.41. The topological polar surface area (TPSA) is 0 Å². The standard InChI is InChI=1S/C6H12P/c1-3-5-6-7-4-2/h4H,2-3,5-6H2,1H3. The van der Waals surface area contributed by atoms with Gasteiger partial charge in [-0.25, -0.2) is 0 Å². The minimum absolute atomic E-state index is 1.29. The fourth-order valence-electron chi connectivity index (χ4n) is 0.341. The quantitative estimate of drug-likeness (QED) is 0.390. The average Bonchev–Trinajstić information content (AvgIpc) is 1.69. The summed E-state index contributed by atoms with van der Waals surface area (Å²) in [6.07, 6.45) is 3.94. The van der Waals surface area contributed by atoms with Gasteiger partial charge in [-0.15, -0.1) is 0 Å². The average molecular weight is 115 g/mol.